The van der Waals surface area contributed by atoms with Crippen LogP contribution in [0.2, 0.25) is 0 Å². The van der Waals surface area contributed by atoms with E-state index in [-0.39, 0.29) is 34.7 Å². The number of nitrogens with zero attached hydrogens (tertiary/aromatic N) is 2. The summed E-state index contributed by atoms with van der Waals surface area (Å²) in [5.74, 6) is -0.238. The van der Waals surface area contributed by atoms with Gasteiger partial charge < -0.3 is 19.9 Å². The Bertz CT molecular complexity index is 953. The lowest BCUT2D eigenvalue weighted by Crippen LogP contribution is -2.50. The van der Waals surface area contributed by atoms with Crippen molar-refractivity contribution < 1.29 is 14.3 Å². The Balaban J connectivity index is 1.51. The first-order valence-electron chi connectivity index (χ1n) is 9.33. The smallest absolute Gasteiger partial charge is 0.339 e. The predicted octanol–water partition coefficient (Wildman–Crippen LogP) is 0.708. The lowest BCUT2D eigenvalue weighted by Gasteiger charge is -2.43. The van der Waals surface area contributed by atoms with Gasteiger partial charge in [-0.2, -0.15) is 0 Å². The van der Waals surface area contributed by atoms with E-state index in [1.54, 1.807) is 12.1 Å². The molecule has 2 aromatic rings. The summed E-state index contributed by atoms with van der Waals surface area (Å²) in [6.45, 7) is 2.04. The highest BCUT2D eigenvalue weighted by molar-refractivity contribution is 5.94. The summed E-state index contributed by atoms with van der Waals surface area (Å²) in [6, 6.07) is 8.25. The summed E-state index contributed by atoms with van der Waals surface area (Å²) in [5, 5.41) is 6.33. The van der Waals surface area contributed by atoms with E-state index in [0.717, 1.165) is 25.2 Å². The lowest BCUT2D eigenvalue weighted by atomic mass is 9.79. The summed E-state index contributed by atoms with van der Waals surface area (Å²) in [5.41, 5.74) is 1.49. The zero-order valence-electron chi connectivity index (χ0n) is 15.6. The average Bonchev–Trinajstić information content (AvgIpc) is 2.73. The molecule has 2 bridgehead atoms. The minimum atomic E-state index is -0.503. The number of carbonyl (C=O) groups excluding carboxylic acids is 2. The van der Waals surface area contributed by atoms with E-state index < -0.39 is 5.97 Å². The van der Waals surface area contributed by atoms with Crippen molar-refractivity contribution in [2.75, 3.05) is 26.7 Å². The van der Waals surface area contributed by atoms with E-state index in [1.165, 1.54) is 25.4 Å². The van der Waals surface area contributed by atoms with Gasteiger partial charge in [-0.1, -0.05) is 6.07 Å². The molecule has 0 aromatic carbocycles. The van der Waals surface area contributed by atoms with Crippen molar-refractivity contribution in [3.05, 3.63) is 63.8 Å². The standard InChI is InChI=1S/C20H22N4O4/c1-28-20(27)12-5-6-15(22-10-12)19(26)23-11-17-14-7-13(8-21-9-14)16-3-2-4-18(25)24(16)17/h2-6,10,13-14,17,21H,7-9,11H2,1H3,(H,23,26)/t13-,14+,17+/m1/s1. The van der Waals surface area contributed by atoms with Crippen LogP contribution in [0.3, 0.4) is 0 Å². The third-order valence-corrected chi connectivity index (χ3v) is 5.59. The van der Waals surface area contributed by atoms with Gasteiger partial charge >= 0.3 is 5.97 Å². The van der Waals surface area contributed by atoms with Crippen molar-refractivity contribution >= 4 is 11.9 Å². The minimum Gasteiger partial charge on any atom is -0.465 e. The Labute approximate surface area is 161 Å². The fraction of sp³-hybridized carbons (Fsp3) is 0.400. The van der Waals surface area contributed by atoms with Gasteiger partial charge in [0.2, 0.25) is 0 Å². The van der Waals surface area contributed by atoms with E-state index in [0.29, 0.717) is 12.5 Å². The molecule has 28 heavy (non-hydrogen) atoms. The van der Waals surface area contributed by atoms with Crippen LogP contribution in [-0.2, 0) is 4.74 Å². The van der Waals surface area contributed by atoms with E-state index in [1.807, 2.05) is 10.6 Å². The molecule has 0 radical (unpaired) electrons. The van der Waals surface area contributed by atoms with Crippen LogP contribution in [0.1, 0.15) is 44.9 Å². The Morgan fingerprint density at radius 3 is 2.89 bits per heavy atom. The van der Waals surface area contributed by atoms with Gasteiger partial charge in [0, 0.05) is 43.5 Å². The number of fused-ring (bicyclic) bond motifs is 4. The molecule has 3 atom stereocenters. The Kier molecular flexibility index (Phi) is 4.95. The highest BCUT2D eigenvalue weighted by Gasteiger charge is 2.37. The second-order valence-corrected chi connectivity index (χ2v) is 7.21. The number of pyridine rings is 2. The zero-order valence-corrected chi connectivity index (χ0v) is 15.6. The average molecular weight is 382 g/mol. The summed E-state index contributed by atoms with van der Waals surface area (Å²) >= 11 is 0. The number of hydrogen-bond acceptors (Lipinski definition) is 6. The first-order valence-corrected chi connectivity index (χ1v) is 9.33. The molecule has 1 amide bonds. The molecule has 2 aromatic heterocycles. The molecule has 8 nitrogen and oxygen atoms in total. The molecule has 2 aliphatic heterocycles. The molecular formula is C20H22N4O4. The Hall–Kier alpha value is -3.00. The van der Waals surface area contributed by atoms with Crippen molar-refractivity contribution in [2.45, 2.75) is 18.4 Å². The van der Waals surface area contributed by atoms with E-state index in [4.69, 9.17) is 0 Å². The largest absolute Gasteiger partial charge is 0.465 e. The maximum absolute atomic E-state index is 12.5. The van der Waals surface area contributed by atoms with Gasteiger partial charge in [-0.25, -0.2) is 4.79 Å². The first-order chi connectivity index (χ1) is 13.6. The van der Waals surface area contributed by atoms with Crippen molar-refractivity contribution in [1.29, 1.82) is 0 Å². The van der Waals surface area contributed by atoms with Crippen LogP contribution in [0.5, 0.6) is 0 Å². The van der Waals surface area contributed by atoms with E-state index >= 15 is 0 Å². The van der Waals surface area contributed by atoms with Crippen molar-refractivity contribution in [3.8, 4) is 0 Å². The summed E-state index contributed by atoms with van der Waals surface area (Å²) in [7, 11) is 1.29. The van der Waals surface area contributed by atoms with Crippen LogP contribution in [0, 0.1) is 5.92 Å². The molecule has 2 aliphatic rings. The molecule has 0 spiro atoms. The lowest BCUT2D eigenvalue weighted by molar-refractivity contribution is 0.0599. The monoisotopic (exact) mass is 382 g/mol. The number of piperidine rings is 1. The normalized spacial score (nSPS) is 22.8. The number of aromatic nitrogens is 2. The van der Waals surface area contributed by atoms with Crippen molar-refractivity contribution in [1.82, 2.24) is 20.2 Å². The molecule has 0 saturated carbocycles. The number of esters is 1. The maximum Gasteiger partial charge on any atom is 0.339 e. The SMILES string of the molecule is COC(=O)c1ccc(C(=O)NC[C@H]2[C@@H]3CNC[C@@H](C3)c3cccc(=O)n32)nc1. The molecule has 0 unspecified atom stereocenters. The third-order valence-electron chi connectivity index (χ3n) is 5.59. The molecule has 2 N–H and O–H groups in total. The topological polar surface area (TPSA) is 102 Å². The fourth-order valence-corrected chi connectivity index (χ4v) is 4.22. The van der Waals surface area contributed by atoms with Gasteiger partial charge in [0.05, 0.1) is 18.7 Å². The Morgan fingerprint density at radius 2 is 2.14 bits per heavy atom. The number of carbonyl (C=O) groups is 2. The number of rotatable bonds is 4. The molecule has 4 rings (SSSR count). The minimum absolute atomic E-state index is 0.0334. The molecule has 4 heterocycles. The highest BCUT2D eigenvalue weighted by atomic mass is 16.5. The van der Waals surface area contributed by atoms with Crippen LogP contribution in [0.25, 0.3) is 0 Å². The molecule has 1 fully saturated rings. The van der Waals surface area contributed by atoms with E-state index in [9.17, 15) is 14.4 Å². The number of methoxy groups -OCH3 is 1. The highest BCUT2D eigenvalue weighted by Crippen LogP contribution is 2.38. The number of amides is 1. The van der Waals surface area contributed by atoms with Gasteiger partial charge in [0.15, 0.2) is 0 Å². The molecule has 146 valence electrons. The second kappa shape index (κ2) is 7.55. The van der Waals surface area contributed by atoms with Crippen molar-refractivity contribution in [3.63, 3.8) is 0 Å². The first kappa shape index (κ1) is 18.4. The third kappa shape index (κ3) is 3.31. The van der Waals surface area contributed by atoms with Gasteiger partial charge in [-0.3, -0.25) is 14.6 Å². The quantitative estimate of drug-likeness (QED) is 0.755. The maximum atomic E-state index is 12.5. The molecule has 0 aliphatic carbocycles. The fourth-order valence-electron chi connectivity index (χ4n) is 4.22. The molecule has 1 saturated heterocycles. The zero-order chi connectivity index (χ0) is 19.7. The summed E-state index contributed by atoms with van der Waals surface area (Å²) in [6.07, 6.45) is 2.32. The second-order valence-electron chi connectivity index (χ2n) is 7.21. The van der Waals surface area contributed by atoms with Gasteiger partial charge in [-0.05, 0) is 30.5 Å². The van der Waals surface area contributed by atoms with E-state index in [2.05, 4.69) is 20.4 Å². The number of nitrogens with one attached hydrogen (secondary N) is 2. The molecule has 8 heteroatoms. The summed E-state index contributed by atoms with van der Waals surface area (Å²) in [4.78, 5) is 40.6. The predicted molar refractivity (Wildman–Crippen MR) is 101 cm³/mol. The van der Waals surface area contributed by atoms with Crippen molar-refractivity contribution in [2.24, 2.45) is 5.92 Å². The Morgan fingerprint density at radius 1 is 1.29 bits per heavy atom. The van der Waals surface area contributed by atoms with Crippen LogP contribution in [-0.4, -0.2) is 48.2 Å². The van der Waals surface area contributed by atoms with Gasteiger partial charge in [-0.15, -0.1) is 0 Å². The summed E-state index contributed by atoms with van der Waals surface area (Å²) < 4.78 is 6.47. The van der Waals surface area contributed by atoms with Crippen LogP contribution >= 0.6 is 0 Å². The van der Waals surface area contributed by atoms with Gasteiger partial charge in [0.1, 0.15) is 5.69 Å². The van der Waals surface area contributed by atoms with Crippen LogP contribution in [0.15, 0.2) is 41.3 Å². The number of ether oxygens (including phenoxy) is 1. The molecular weight excluding hydrogens is 360 g/mol. The van der Waals surface area contributed by atoms with Crippen LogP contribution < -0.4 is 16.2 Å². The van der Waals surface area contributed by atoms with Crippen LogP contribution in [0.4, 0.5) is 0 Å². The van der Waals surface area contributed by atoms with Gasteiger partial charge in [0.25, 0.3) is 11.5 Å². The number of hydrogen-bond donors (Lipinski definition) is 2.